The zero-order valence-corrected chi connectivity index (χ0v) is 8.43. The van der Waals surface area contributed by atoms with E-state index in [9.17, 15) is 0 Å². The Hall–Kier alpha value is -1.84. The van der Waals surface area contributed by atoms with E-state index in [1.165, 1.54) is 0 Å². The van der Waals surface area contributed by atoms with Crippen LogP contribution in [0.5, 0.6) is 5.75 Å². The molecule has 0 aliphatic heterocycles. The van der Waals surface area contributed by atoms with Gasteiger partial charge in [0.2, 0.25) is 5.82 Å². The number of aromatic nitrogens is 2. The molecule has 1 aromatic heterocycles. The summed E-state index contributed by atoms with van der Waals surface area (Å²) in [6.45, 7) is 2.80. The van der Waals surface area contributed by atoms with Crippen LogP contribution in [0.4, 0.5) is 0 Å². The molecular weight excluding hydrogens is 192 g/mol. The highest BCUT2D eigenvalue weighted by molar-refractivity contribution is 5.55. The summed E-state index contributed by atoms with van der Waals surface area (Å²) >= 11 is 0. The van der Waals surface area contributed by atoms with E-state index in [2.05, 4.69) is 28.0 Å². The first-order chi connectivity index (χ1) is 7.40. The first-order valence-electron chi connectivity index (χ1n) is 4.83. The fraction of sp³-hybridized carbons (Fsp3) is 0.273. The highest BCUT2D eigenvalue weighted by Gasteiger charge is 2.02. The van der Waals surface area contributed by atoms with Gasteiger partial charge in [0.25, 0.3) is 0 Å². The van der Waals surface area contributed by atoms with E-state index in [0.717, 1.165) is 24.3 Å². The Balaban J connectivity index is 2.11. The lowest BCUT2D eigenvalue weighted by Gasteiger charge is -2.03. The molecular formula is C11H11N2O2. The first kappa shape index (κ1) is 9.71. The Labute approximate surface area is 87.9 Å². The van der Waals surface area contributed by atoms with Gasteiger partial charge in [0, 0.05) is 5.56 Å². The maximum Gasteiger partial charge on any atom is 0.316 e. The van der Waals surface area contributed by atoms with Gasteiger partial charge in [-0.2, -0.15) is 4.98 Å². The molecule has 0 bridgehead atoms. The molecule has 0 N–H and O–H groups in total. The van der Waals surface area contributed by atoms with Crippen molar-refractivity contribution in [2.24, 2.45) is 0 Å². The first-order valence-corrected chi connectivity index (χ1v) is 4.83. The van der Waals surface area contributed by atoms with Gasteiger partial charge in [-0.05, 0) is 30.7 Å². The topological polar surface area (TPSA) is 48.2 Å². The van der Waals surface area contributed by atoms with Crippen LogP contribution in [0.15, 0.2) is 28.8 Å². The number of nitrogens with zero attached hydrogens (tertiary/aromatic N) is 2. The molecule has 4 nitrogen and oxygen atoms in total. The van der Waals surface area contributed by atoms with Crippen molar-refractivity contribution in [2.75, 3.05) is 6.61 Å². The molecule has 1 aromatic carbocycles. The summed E-state index contributed by atoms with van der Waals surface area (Å²) in [5.74, 6) is 1.39. The summed E-state index contributed by atoms with van der Waals surface area (Å²) in [6, 6.07) is 7.57. The maximum absolute atomic E-state index is 5.46. The fourth-order valence-electron chi connectivity index (χ4n) is 1.19. The predicted molar refractivity (Wildman–Crippen MR) is 54.4 cm³/mol. The lowest BCUT2D eigenvalue weighted by Crippen LogP contribution is -1.94. The third kappa shape index (κ3) is 2.34. The minimum Gasteiger partial charge on any atom is -0.494 e. The van der Waals surface area contributed by atoms with Gasteiger partial charge in [-0.25, -0.2) is 0 Å². The molecule has 0 amide bonds. The van der Waals surface area contributed by atoms with Crippen molar-refractivity contribution in [3.8, 4) is 17.1 Å². The van der Waals surface area contributed by atoms with Gasteiger partial charge in [-0.1, -0.05) is 12.1 Å². The summed E-state index contributed by atoms with van der Waals surface area (Å²) < 4.78 is 10.0. The molecule has 77 valence electrons. The molecule has 0 aliphatic rings. The zero-order chi connectivity index (χ0) is 10.5. The number of ether oxygens (including phenoxy) is 1. The number of hydrogen-bond donors (Lipinski definition) is 0. The molecule has 2 rings (SSSR count). The predicted octanol–water partition coefficient (Wildman–Crippen LogP) is 2.33. The van der Waals surface area contributed by atoms with Crippen molar-refractivity contribution >= 4 is 0 Å². The number of benzene rings is 1. The quantitative estimate of drug-likeness (QED) is 0.765. The molecule has 0 unspecified atom stereocenters. The van der Waals surface area contributed by atoms with Gasteiger partial charge in [-0.3, -0.25) is 0 Å². The smallest absolute Gasteiger partial charge is 0.316 e. The van der Waals surface area contributed by atoms with E-state index >= 15 is 0 Å². The Kier molecular flexibility index (Phi) is 2.97. The van der Waals surface area contributed by atoms with Crippen molar-refractivity contribution < 1.29 is 9.26 Å². The summed E-state index contributed by atoms with van der Waals surface area (Å²) in [4.78, 5) is 3.83. The second kappa shape index (κ2) is 4.59. The minimum absolute atomic E-state index is 0.539. The van der Waals surface area contributed by atoms with Gasteiger partial charge in [-0.15, -0.1) is 0 Å². The fourth-order valence-corrected chi connectivity index (χ4v) is 1.19. The van der Waals surface area contributed by atoms with Gasteiger partial charge in [0.15, 0.2) is 0 Å². The standard InChI is InChI=1S/C11H11N2O2/c1-2-7-14-10-5-3-9(4-6-10)11-12-8-15-13-11/h3-6H,2,7H2,1H3. The molecule has 0 atom stereocenters. The van der Waals surface area contributed by atoms with Crippen molar-refractivity contribution in [1.29, 1.82) is 0 Å². The average Bonchev–Trinajstić information content (AvgIpc) is 2.80. The van der Waals surface area contributed by atoms with Crippen LogP contribution in [0.1, 0.15) is 13.3 Å². The van der Waals surface area contributed by atoms with E-state index in [1.54, 1.807) is 0 Å². The molecule has 15 heavy (non-hydrogen) atoms. The SMILES string of the molecule is CCCOc1ccc(-c2n[c]on2)cc1. The molecule has 1 heterocycles. The largest absolute Gasteiger partial charge is 0.494 e. The van der Waals surface area contributed by atoms with E-state index in [1.807, 2.05) is 24.3 Å². The van der Waals surface area contributed by atoms with Crippen LogP contribution in [-0.2, 0) is 0 Å². The van der Waals surface area contributed by atoms with Crippen molar-refractivity contribution in [3.05, 3.63) is 30.7 Å². The van der Waals surface area contributed by atoms with E-state index in [4.69, 9.17) is 4.74 Å². The van der Waals surface area contributed by atoms with Gasteiger partial charge in [0.05, 0.1) is 6.61 Å². The van der Waals surface area contributed by atoms with Crippen LogP contribution in [0.25, 0.3) is 11.4 Å². The monoisotopic (exact) mass is 203 g/mol. The van der Waals surface area contributed by atoms with Crippen molar-refractivity contribution in [1.82, 2.24) is 10.1 Å². The van der Waals surface area contributed by atoms with Crippen LogP contribution < -0.4 is 4.74 Å². The molecule has 0 saturated heterocycles. The lowest BCUT2D eigenvalue weighted by molar-refractivity contribution is 0.317. The average molecular weight is 203 g/mol. The summed E-state index contributed by atoms with van der Waals surface area (Å²) in [7, 11) is 0. The lowest BCUT2D eigenvalue weighted by atomic mass is 10.2. The second-order valence-corrected chi connectivity index (χ2v) is 3.08. The molecule has 0 aliphatic carbocycles. The highest BCUT2D eigenvalue weighted by Crippen LogP contribution is 2.18. The molecule has 1 radical (unpaired) electrons. The van der Waals surface area contributed by atoms with Gasteiger partial charge in [0.1, 0.15) is 5.75 Å². The van der Waals surface area contributed by atoms with Crippen LogP contribution in [0.2, 0.25) is 0 Å². The molecule has 0 spiro atoms. The van der Waals surface area contributed by atoms with Crippen LogP contribution in [0.3, 0.4) is 0 Å². The minimum atomic E-state index is 0.539. The maximum atomic E-state index is 5.46. The third-order valence-electron chi connectivity index (χ3n) is 1.91. The highest BCUT2D eigenvalue weighted by atomic mass is 16.5. The Morgan fingerprint density at radius 1 is 1.33 bits per heavy atom. The van der Waals surface area contributed by atoms with E-state index in [0.29, 0.717) is 5.82 Å². The van der Waals surface area contributed by atoms with Gasteiger partial charge >= 0.3 is 6.39 Å². The Bertz CT molecular complexity index is 395. The van der Waals surface area contributed by atoms with Crippen molar-refractivity contribution in [2.45, 2.75) is 13.3 Å². The molecule has 4 heteroatoms. The second-order valence-electron chi connectivity index (χ2n) is 3.08. The van der Waals surface area contributed by atoms with Crippen LogP contribution in [-0.4, -0.2) is 16.7 Å². The summed E-state index contributed by atoms with van der Waals surface area (Å²) in [5, 5.41) is 3.70. The normalized spacial score (nSPS) is 10.2. The number of hydrogen-bond acceptors (Lipinski definition) is 4. The molecule has 0 saturated carbocycles. The summed E-state index contributed by atoms with van der Waals surface area (Å²) in [5.41, 5.74) is 0.892. The van der Waals surface area contributed by atoms with Crippen LogP contribution >= 0.6 is 0 Å². The van der Waals surface area contributed by atoms with E-state index in [-0.39, 0.29) is 0 Å². The third-order valence-corrected chi connectivity index (χ3v) is 1.91. The zero-order valence-electron chi connectivity index (χ0n) is 8.43. The van der Waals surface area contributed by atoms with Crippen LogP contribution in [0, 0.1) is 6.39 Å². The van der Waals surface area contributed by atoms with Crippen molar-refractivity contribution in [3.63, 3.8) is 0 Å². The summed E-state index contributed by atoms with van der Waals surface area (Å²) in [6.07, 6.45) is 3.31. The number of rotatable bonds is 4. The molecule has 2 aromatic rings. The van der Waals surface area contributed by atoms with Gasteiger partial charge < -0.3 is 9.26 Å². The van der Waals surface area contributed by atoms with E-state index < -0.39 is 0 Å². The molecule has 0 fully saturated rings. The Morgan fingerprint density at radius 2 is 2.13 bits per heavy atom. The Morgan fingerprint density at radius 3 is 2.73 bits per heavy atom.